The number of rotatable bonds is 4. The monoisotopic (exact) mass is 329 g/mol. The molecule has 3 rings (SSSR count). The van der Waals surface area contributed by atoms with E-state index >= 15 is 0 Å². The van der Waals surface area contributed by atoms with Crippen molar-refractivity contribution in [1.82, 2.24) is 14.8 Å². The zero-order valence-electron chi connectivity index (χ0n) is 13.0. The van der Waals surface area contributed by atoms with Crippen LogP contribution in [0.3, 0.4) is 0 Å². The molecule has 120 valence electrons. The van der Waals surface area contributed by atoms with Crippen LogP contribution in [0.2, 0.25) is 5.02 Å². The average molecular weight is 330 g/mol. The molecule has 0 saturated carbocycles. The maximum absolute atomic E-state index is 12.4. The summed E-state index contributed by atoms with van der Waals surface area (Å²) in [4.78, 5) is 20.8. The normalized spacial score (nSPS) is 15.6. The summed E-state index contributed by atoms with van der Waals surface area (Å²) >= 11 is 5.87. The van der Waals surface area contributed by atoms with Crippen LogP contribution in [0.5, 0.6) is 0 Å². The van der Waals surface area contributed by atoms with E-state index in [0.29, 0.717) is 11.4 Å². The van der Waals surface area contributed by atoms with Gasteiger partial charge >= 0.3 is 0 Å². The topological polar surface area (TPSA) is 36.4 Å². The highest BCUT2D eigenvalue weighted by Crippen LogP contribution is 2.12. The third-order valence-electron chi connectivity index (χ3n) is 4.12. The zero-order chi connectivity index (χ0) is 16.1. The summed E-state index contributed by atoms with van der Waals surface area (Å²) in [6.07, 6.45) is 4.13. The van der Waals surface area contributed by atoms with Crippen LogP contribution in [-0.2, 0) is 17.8 Å². The lowest BCUT2D eigenvalue weighted by Gasteiger charge is -2.34. The second-order valence-corrected chi connectivity index (χ2v) is 6.26. The summed E-state index contributed by atoms with van der Waals surface area (Å²) in [5, 5.41) is 0.699. The molecule has 1 saturated heterocycles. The lowest BCUT2D eigenvalue weighted by molar-refractivity contribution is -0.132. The number of hydrogen-bond donors (Lipinski definition) is 0. The third kappa shape index (κ3) is 4.53. The standard InChI is InChI=1S/C18H20ClN3O/c19-17-5-3-15(4-6-17)12-18(23)22-10-8-21(9-11-22)14-16-2-1-7-20-13-16/h1-7,13H,8-12,14H2. The molecule has 1 amide bonds. The Labute approximate surface area is 141 Å². The quantitative estimate of drug-likeness (QED) is 0.865. The van der Waals surface area contributed by atoms with E-state index in [1.54, 1.807) is 6.20 Å². The zero-order valence-corrected chi connectivity index (χ0v) is 13.7. The van der Waals surface area contributed by atoms with Crippen molar-refractivity contribution in [1.29, 1.82) is 0 Å². The van der Waals surface area contributed by atoms with E-state index in [1.807, 2.05) is 41.4 Å². The van der Waals surface area contributed by atoms with Crippen molar-refractivity contribution >= 4 is 17.5 Å². The largest absolute Gasteiger partial charge is 0.340 e. The van der Waals surface area contributed by atoms with Gasteiger partial charge in [-0.2, -0.15) is 0 Å². The van der Waals surface area contributed by atoms with Gasteiger partial charge in [0.25, 0.3) is 0 Å². The van der Waals surface area contributed by atoms with Crippen molar-refractivity contribution in [3.63, 3.8) is 0 Å². The van der Waals surface area contributed by atoms with Crippen LogP contribution in [0, 0.1) is 0 Å². The molecule has 2 aromatic rings. The van der Waals surface area contributed by atoms with Gasteiger partial charge in [-0.05, 0) is 29.3 Å². The Balaban J connectivity index is 1.48. The summed E-state index contributed by atoms with van der Waals surface area (Å²) in [5.41, 5.74) is 2.23. The second-order valence-electron chi connectivity index (χ2n) is 5.82. The van der Waals surface area contributed by atoms with Gasteiger partial charge < -0.3 is 4.90 Å². The SMILES string of the molecule is O=C(Cc1ccc(Cl)cc1)N1CCN(Cc2cccnc2)CC1. The fourth-order valence-corrected chi connectivity index (χ4v) is 2.92. The summed E-state index contributed by atoms with van der Waals surface area (Å²) in [5.74, 6) is 0.188. The minimum Gasteiger partial charge on any atom is -0.340 e. The van der Waals surface area contributed by atoms with Crippen LogP contribution >= 0.6 is 11.6 Å². The van der Waals surface area contributed by atoms with Crippen LogP contribution < -0.4 is 0 Å². The molecule has 0 bridgehead atoms. The van der Waals surface area contributed by atoms with Crippen molar-refractivity contribution in [3.05, 3.63) is 64.9 Å². The maximum atomic E-state index is 12.4. The first kappa shape index (κ1) is 16.0. The van der Waals surface area contributed by atoms with Gasteiger partial charge in [-0.15, -0.1) is 0 Å². The van der Waals surface area contributed by atoms with E-state index in [2.05, 4.69) is 16.0 Å². The number of nitrogens with zero attached hydrogens (tertiary/aromatic N) is 3. The fraction of sp³-hybridized carbons (Fsp3) is 0.333. The first-order valence-corrected chi connectivity index (χ1v) is 8.22. The Morgan fingerprint density at radius 2 is 1.78 bits per heavy atom. The lowest BCUT2D eigenvalue weighted by atomic mass is 10.1. The number of carbonyl (C=O) groups is 1. The van der Waals surface area contributed by atoms with E-state index in [-0.39, 0.29) is 5.91 Å². The van der Waals surface area contributed by atoms with Crippen molar-refractivity contribution in [3.8, 4) is 0 Å². The minimum atomic E-state index is 0.188. The van der Waals surface area contributed by atoms with Crippen LogP contribution in [0.25, 0.3) is 0 Å². The third-order valence-corrected chi connectivity index (χ3v) is 4.37. The number of amides is 1. The fourth-order valence-electron chi connectivity index (χ4n) is 2.79. The Hall–Kier alpha value is -1.91. The van der Waals surface area contributed by atoms with Gasteiger partial charge in [0.05, 0.1) is 6.42 Å². The lowest BCUT2D eigenvalue weighted by Crippen LogP contribution is -2.48. The van der Waals surface area contributed by atoms with Gasteiger partial charge in [0, 0.05) is 50.1 Å². The van der Waals surface area contributed by atoms with Gasteiger partial charge in [-0.25, -0.2) is 0 Å². The number of piperazine rings is 1. The highest BCUT2D eigenvalue weighted by atomic mass is 35.5. The van der Waals surface area contributed by atoms with E-state index in [9.17, 15) is 4.79 Å². The summed E-state index contributed by atoms with van der Waals surface area (Å²) < 4.78 is 0. The number of carbonyl (C=O) groups excluding carboxylic acids is 1. The Morgan fingerprint density at radius 3 is 2.43 bits per heavy atom. The Morgan fingerprint density at radius 1 is 1.04 bits per heavy atom. The molecule has 0 aliphatic carbocycles. The van der Waals surface area contributed by atoms with Crippen LogP contribution in [-0.4, -0.2) is 46.9 Å². The number of benzene rings is 1. The number of aromatic nitrogens is 1. The molecule has 0 unspecified atom stereocenters. The van der Waals surface area contributed by atoms with Crippen molar-refractivity contribution in [2.75, 3.05) is 26.2 Å². The van der Waals surface area contributed by atoms with Crippen molar-refractivity contribution < 1.29 is 4.79 Å². The Bertz CT molecular complexity index is 637. The highest BCUT2D eigenvalue weighted by Gasteiger charge is 2.21. The highest BCUT2D eigenvalue weighted by molar-refractivity contribution is 6.30. The van der Waals surface area contributed by atoms with E-state index in [4.69, 9.17) is 11.6 Å². The molecule has 1 aliphatic rings. The smallest absolute Gasteiger partial charge is 0.227 e. The molecule has 4 nitrogen and oxygen atoms in total. The molecule has 1 aromatic heterocycles. The maximum Gasteiger partial charge on any atom is 0.227 e. The van der Waals surface area contributed by atoms with Gasteiger partial charge in [0.2, 0.25) is 5.91 Å². The second kappa shape index (κ2) is 7.57. The molecule has 0 radical (unpaired) electrons. The molecule has 5 heteroatoms. The molecule has 2 heterocycles. The molecule has 1 aliphatic heterocycles. The summed E-state index contributed by atoms with van der Waals surface area (Å²) in [6.45, 7) is 4.27. The molecule has 1 fully saturated rings. The Kier molecular flexibility index (Phi) is 5.26. The molecule has 0 spiro atoms. The number of halogens is 1. The summed E-state index contributed by atoms with van der Waals surface area (Å²) in [7, 11) is 0. The molecule has 0 atom stereocenters. The molecular weight excluding hydrogens is 310 g/mol. The van der Waals surface area contributed by atoms with Crippen molar-refractivity contribution in [2.24, 2.45) is 0 Å². The van der Waals surface area contributed by atoms with Gasteiger partial charge in [-0.3, -0.25) is 14.7 Å². The van der Waals surface area contributed by atoms with E-state index in [1.165, 1.54) is 5.56 Å². The number of hydrogen-bond acceptors (Lipinski definition) is 3. The first-order valence-electron chi connectivity index (χ1n) is 7.84. The van der Waals surface area contributed by atoms with Crippen LogP contribution in [0.4, 0.5) is 0 Å². The van der Waals surface area contributed by atoms with E-state index in [0.717, 1.165) is 38.3 Å². The predicted octanol–water partition coefficient (Wildman–Crippen LogP) is 2.62. The minimum absolute atomic E-state index is 0.188. The van der Waals surface area contributed by atoms with Gasteiger partial charge in [0.1, 0.15) is 0 Å². The van der Waals surface area contributed by atoms with Crippen LogP contribution in [0.1, 0.15) is 11.1 Å². The summed E-state index contributed by atoms with van der Waals surface area (Å²) in [6, 6.07) is 11.5. The number of pyridine rings is 1. The van der Waals surface area contributed by atoms with Gasteiger partial charge in [0.15, 0.2) is 0 Å². The predicted molar refractivity (Wildman–Crippen MR) is 91.3 cm³/mol. The van der Waals surface area contributed by atoms with E-state index < -0.39 is 0 Å². The molecule has 23 heavy (non-hydrogen) atoms. The molecule has 0 N–H and O–H groups in total. The average Bonchev–Trinajstić information content (AvgIpc) is 2.58. The van der Waals surface area contributed by atoms with Gasteiger partial charge in [-0.1, -0.05) is 29.8 Å². The molecule has 1 aromatic carbocycles. The first-order chi connectivity index (χ1) is 11.2. The molecular formula is C18H20ClN3O. The van der Waals surface area contributed by atoms with Crippen LogP contribution in [0.15, 0.2) is 48.8 Å². The van der Waals surface area contributed by atoms with Crippen molar-refractivity contribution in [2.45, 2.75) is 13.0 Å².